The maximum Gasteiger partial charge on any atom is 0.329 e. The molecule has 1 unspecified atom stereocenters. The molecule has 1 atom stereocenters. The fourth-order valence-electron chi connectivity index (χ4n) is 4.64. The van der Waals surface area contributed by atoms with Crippen LogP contribution in [-0.2, 0) is 21.0 Å². The van der Waals surface area contributed by atoms with Crippen molar-refractivity contribution in [2.45, 2.75) is 32.4 Å². The molecule has 0 bridgehead atoms. The number of aryl methyl sites for hydroxylation is 1. The van der Waals surface area contributed by atoms with Gasteiger partial charge in [-0.2, -0.15) is 5.06 Å². The molecule has 3 N–H and O–H groups in total. The van der Waals surface area contributed by atoms with E-state index in [9.17, 15) is 9.59 Å². The van der Waals surface area contributed by atoms with Crippen LogP contribution >= 0.6 is 0 Å². The van der Waals surface area contributed by atoms with Gasteiger partial charge in [0.05, 0.1) is 5.69 Å². The number of nitrogens with zero attached hydrogens (tertiary/aromatic N) is 2. The molecule has 0 fully saturated rings. The van der Waals surface area contributed by atoms with E-state index in [1.807, 2.05) is 66.9 Å². The minimum absolute atomic E-state index is 0.246. The van der Waals surface area contributed by atoms with Crippen molar-refractivity contribution >= 4 is 44.9 Å². The van der Waals surface area contributed by atoms with E-state index < -0.39 is 12.0 Å². The summed E-state index contributed by atoms with van der Waals surface area (Å²) in [5.41, 5.74) is 8.79. The van der Waals surface area contributed by atoms with Crippen LogP contribution in [0.25, 0.3) is 21.7 Å². The summed E-state index contributed by atoms with van der Waals surface area (Å²) in [4.78, 5) is 31.3. The lowest BCUT2D eigenvalue weighted by Gasteiger charge is -2.36. The minimum atomic E-state index is -0.826. The van der Waals surface area contributed by atoms with Crippen molar-refractivity contribution in [3.63, 3.8) is 0 Å². The molecule has 0 spiro atoms. The van der Waals surface area contributed by atoms with Crippen LogP contribution in [0.4, 0.5) is 11.4 Å². The first kappa shape index (κ1) is 21.0. The van der Waals surface area contributed by atoms with Crippen molar-refractivity contribution in [1.82, 2.24) is 4.57 Å². The Morgan fingerprint density at radius 3 is 2.58 bits per heavy atom. The molecule has 0 saturated heterocycles. The third-order valence-electron chi connectivity index (χ3n) is 6.06. The predicted molar refractivity (Wildman–Crippen MR) is 130 cm³/mol. The summed E-state index contributed by atoms with van der Waals surface area (Å²) in [7, 11) is 0. The van der Waals surface area contributed by atoms with E-state index in [-0.39, 0.29) is 5.91 Å². The predicted octanol–water partition coefficient (Wildman–Crippen LogP) is 4.51. The van der Waals surface area contributed by atoms with Crippen molar-refractivity contribution < 1.29 is 14.4 Å². The molecular formula is C26H26N4O3. The van der Waals surface area contributed by atoms with E-state index in [1.54, 1.807) is 0 Å². The van der Waals surface area contributed by atoms with Crippen molar-refractivity contribution in [1.29, 1.82) is 0 Å². The number of amides is 1. The van der Waals surface area contributed by atoms with Crippen LogP contribution in [0, 0.1) is 0 Å². The average molecular weight is 443 g/mol. The Bertz CT molecular complexity index is 1360. The number of aromatic nitrogens is 1. The standard InChI is InChI=1S/C26H26N4O3/c1-17(31)33-30-24-19-9-3-2-8-18(19)12-13-22(24)28-26(32)25(30)21-16-29(15-7-6-14-27)23-11-5-4-10-20(21)23/h2-5,8-13,16,25H,6-7,14-15,27H2,1H3,(H,28,32). The maximum atomic E-state index is 13.4. The first-order valence-corrected chi connectivity index (χ1v) is 11.2. The molecule has 0 radical (unpaired) electrons. The van der Waals surface area contributed by atoms with Gasteiger partial charge in [0.2, 0.25) is 0 Å². The summed E-state index contributed by atoms with van der Waals surface area (Å²) < 4.78 is 2.15. The zero-order valence-corrected chi connectivity index (χ0v) is 18.5. The van der Waals surface area contributed by atoms with E-state index in [2.05, 4.69) is 9.88 Å². The second kappa shape index (κ2) is 8.60. The largest absolute Gasteiger partial charge is 0.347 e. The zero-order valence-electron chi connectivity index (χ0n) is 18.5. The Morgan fingerprint density at radius 2 is 1.79 bits per heavy atom. The number of hydrogen-bond donors (Lipinski definition) is 2. The Balaban J connectivity index is 1.69. The second-order valence-corrected chi connectivity index (χ2v) is 8.27. The van der Waals surface area contributed by atoms with Crippen LogP contribution in [0.2, 0.25) is 0 Å². The third-order valence-corrected chi connectivity index (χ3v) is 6.06. The first-order valence-electron chi connectivity index (χ1n) is 11.2. The van der Waals surface area contributed by atoms with E-state index in [4.69, 9.17) is 10.6 Å². The molecule has 1 amide bonds. The Morgan fingerprint density at radius 1 is 1.03 bits per heavy atom. The summed E-state index contributed by atoms with van der Waals surface area (Å²) in [6.45, 7) is 2.78. The lowest BCUT2D eigenvalue weighted by atomic mass is 9.99. The van der Waals surface area contributed by atoms with Gasteiger partial charge in [0.1, 0.15) is 5.69 Å². The van der Waals surface area contributed by atoms with Gasteiger partial charge in [0, 0.05) is 41.5 Å². The van der Waals surface area contributed by atoms with Crippen molar-refractivity contribution in [2.24, 2.45) is 5.73 Å². The van der Waals surface area contributed by atoms with Crippen molar-refractivity contribution in [2.75, 3.05) is 16.9 Å². The summed E-state index contributed by atoms with van der Waals surface area (Å²) in [5, 5.41) is 7.35. The van der Waals surface area contributed by atoms with Crippen LogP contribution in [0.3, 0.4) is 0 Å². The van der Waals surface area contributed by atoms with Gasteiger partial charge in [-0.05, 0) is 36.9 Å². The summed E-state index contributed by atoms with van der Waals surface area (Å²) in [5.74, 6) is -0.732. The van der Waals surface area contributed by atoms with Gasteiger partial charge in [-0.15, -0.1) is 0 Å². The molecule has 33 heavy (non-hydrogen) atoms. The molecule has 7 heteroatoms. The highest BCUT2D eigenvalue weighted by molar-refractivity contribution is 6.12. The molecule has 1 aliphatic heterocycles. The van der Waals surface area contributed by atoms with E-state index >= 15 is 0 Å². The average Bonchev–Trinajstić information content (AvgIpc) is 3.17. The van der Waals surface area contributed by atoms with E-state index in [0.717, 1.165) is 46.6 Å². The lowest BCUT2D eigenvalue weighted by molar-refractivity contribution is -0.144. The smallest absolute Gasteiger partial charge is 0.329 e. The third kappa shape index (κ3) is 3.70. The number of nitrogens with one attached hydrogen (secondary N) is 1. The van der Waals surface area contributed by atoms with Gasteiger partial charge in [0.25, 0.3) is 5.91 Å². The normalized spacial score (nSPS) is 15.5. The number of carbonyl (C=O) groups is 2. The SMILES string of the molecule is CC(=O)ON1c2c(ccc3ccccc23)NC(=O)C1c1cn(CCCCN)c2ccccc12. The molecular weight excluding hydrogens is 416 g/mol. The number of rotatable bonds is 6. The van der Waals surface area contributed by atoms with E-state index in [0.29, 0.717) is 17.9 Å². The highest BCUT2D eigenvalue weighted by Gasteiger charge is 2.39. The number of carbonyl (C=O) groups excluding carboxylic acids is 2. The Kier molecular flexibility index (Phi) is 5.48. The Hall–Kier alpha value is -3.84. The fraction of sp³-hybridized carbons (Fsp3) is 0.231. The molecule has 2 heterocycles. The summed E-state index contributed by atoms with van der Waals surface area (Å²) >= 11 is 0. The van der Waals surface area contributed by atoms with Crippen LogP contribution in [0.15, 0.2) is 66.9 Å². The number of unbranched alkanes of at least 4 members (excludes halogenated alkanes) is 1. The highest BCUT2D eigenvalue weighted by Crippen LogP contribution is 2.44. The number of anilines is 2. The van der Waals surface area contributed by atoms with Gasteiger partial charge in [-0.3, -0.25) is 9.59 Å². The second-order valence-electron chi connectivity index (χ2n) is 8.27. The van der Waals surface area contributed by atoms with Gasteiger partial charge >= 0.3 is 5.97 Å². The molecule has 1 aromatic heterocycles. The number of hydroxylamine groups is 1. The molecule has 0 aliphatic carbocycles. The van der Waals surface area contributed by atoms with Gasteiger partial charge in [-0.25, -0.2) is 0 Å². The number of benzene rings is 3. The molecule has 3 aromatic carbocycles. The van der Waals surface area contributed by atoms with Crippen molar-refractivity contribution in [3.8, 4) is 0 Å². The van der Waals surface area contributed by atoms with Gasteiger partial charge in [-0.1, -0.05) is 48.5 Å². The van der Waals surface area contributed by atoms with Crippen LogP contribution in [-0.4, -0.2) is 23.0 Å². The fourth-order valence-corrected chi connectivity index (χ4v) is 4.64. The van der Waals surface area contributed by atoms with E-state index in [1.165, 1.54) is 12.0 Å². The first-order chi connectivity index (χ1) is 16.1. The number of hydrogen-bond acceptors (Lipinski definition) is 5. The quantitative estimate of drug-likeness (QED) is 0.429. The molecule has 7 nitrogen and oxygen atoms in total. The molecule has 1 aliphatic rings. The Labute approximate surface area is 191 Å². The zero-order chi connectivity index (χ0) is 22.9. The van der Waals surface area contributed by atoms with Gasteiger partial charge in [0.15, 0.2) is 6.04 Å². The lowest BCUT2D eigenvalue weighted by Crippen LogP contribution is -2.42. The molecule has 5 rings (SSSR count). The number of para-hydroxylation sites is 1. The summed E-state index contributed by atoms with van der Waals surface area (Å²) in [6, 6.07) is 18.8. The maximum absolute atomic E-state index is 13.4. The molecule has 4 aromatic rings. The number of nitrogens with two attached hydrogens (primary N) is 1. The van der Waals surface area contributed by atoms with Crippen LogP contribution in [0.1, 0.15) is 31.4 Å². The molecule has 0 saturated carbocycles. The van der Waals surface area contributed by atoms with Crippen LogP contribution in [0.5, 0.6) is 0 Å². The number of fused-ring (bicyclic) bond motifs is 4. The minimum Gasteiger partial charge on any atom is -0.347 e. The molecule has 168 valence electrons. The van der Waals surface area contributed by atoms with Crippen molar-refractivity contribution in [3.05, 3.63) is 72.4 Å². The topological polar surface area (TPSA) is 89.6 Å². The van der Waals surface area contributed by atoms with Gasteiger partial charge < -0.3 is 20.5 Å². The highest BCUT2D eigenvalue weighted by atomic mass is 16.7. The van der Waals surface area contributed by atoms with Crippen LogP contribution < -0.4 is 16.1 Å². The monoisotopic (exact) mass is 442 g/mol. The summed E-state index contributed by atoms with van der Waals surface area (Å²) in [6.07, 6.45) is 3.86.